The van der Waals surface area contributed by atoms with Crippen molar-refractivity contribution < 1.29 is 4.68 Å². The van der Waals surface area contributed by atoms with Crippen LogP contribution in [0.1, 0.15) is 18.4 Å². The minimum absolute atomic E-state index is 0.934. The summed E-state index contributed by atoms with van der Waals surface area (Å²) in [5.74, 6) is 0. The van der Waals surface area contributed by atoms with Gasteiger partial charge in [0.05, 0.1) is 0 Å². The summed E-state index contributed by atoms with van der Waals surface area (Å²) in [6.45, 7) is 5.04. The van der Waals surface area contributed by atoms with Crippen LogP contribution in [0.3, 0.4) is 0 Å². The van der Waals surface area contributed by atoms with Crippen molar-refractivity contribution in [3.63, 3.8) is 0 Å². The molecule has 15 heavy (non-hydrogen) atoms. The third-order valence-electron chi connectivity index (χ3n) is 2.00. The normalized spacial score (nSPS) is 10.5. The minimum atomic E-state index is 0.934. The number of rotatable bonds is 3. The Balaban J connectivity index is 2.23. The number of hydrogen-bond donors (Lipinski definition) is 0. The van der Waals surface area contributed by atoms with Crippen molar-refractivity contribution in [2.45, 2.75) is 26.8 Å². The third kappa shape index (κ3) is 2.36. The van der Waals surface area contributed by atoms with Crippen molar-refractivity contribution in [3.8, 4) is 10.6 Å². The first-order valence-corrected chi connectivity index (χ1v) is 5.77. The van der Waals surface area contributed by atoms with Crippen molar-refractivity contribution in [2.75, 3.05) is 0 Å². The lowest BCUT2D eigenvalue weighted by atomic mass is 10.3. The molecule has 0 fully saturated rings. The number of aromatic nitrogens is 4. The lowest BCUT2D eigenvalue weighted by Crippen LogP contribution is -2.36. The first kappa shape index (κ1) is 10.2. The molecule has 0 atom stereocenters. The van der Waals surface area contributed by atoms with Crippen LogP contribution in [0.2, 0.25) is 0 Å². The highest BCUT2D eigenvalue weighted by atomic mass is 32.1. The molecule has 0 N–H and O–H groups in total. The van der Waals surface area contributed by atoms with E-state index in [1.165, 1.54) is 0 Å². The summed E-state index contributed by atoms with van der Waals surface area (Å²) in [7, 11) is 0. The lowest BCUT2D eigenvalue weighted by molar-refractivity contribution is -0.753. The van der Waals surface area contributed by atoms with Crippen molar-refractivity contribution >= 4 is 11.3 Å². The topological polar surface area (TPSA) is 42.5 Å². The van der Waals surface area contributed by atoms with E-state index >= 15 is 0 Å². The van der Waals surface area contributed by atoms with Gasteiger partial charge in [0.15, 0.2) is 12.7 Å². The number of nitrogens with zero attached hydrogens (tertiary/aromatic N) is 4. The predicted molar refractivity (Wildman–Crippen MR) is 58.4 cm³/mol. The average Bonchev–Trinajstić information content (AvgIpc) is 2.67. The van der Waals surface area contributed by atoms with Crippen LogP contribution in [-0.2, 0) is 6.54 Å². The maximum absolute atomic E-state index is 4.31. The van der Waals surface area contributed by atoms with E-state index in [0.717, 1.165) is 28.5 Å². The van der Waals surface area contributed by atoms with E-state index in [9.17, 15) is 0 Å². The Morgan fingerprint density at radius 3 is 2.80 bits per heavy atom. The summed E-state index contributed by atoms with van der Waals surface area (Å²) < 4.78 is 1.93. The van der Waals surface area contributed by atoms with Gasteiger partial charge in [-0.05, 0) is 12.0 Å². The quantitative estimate of drug-likeness (QED) is 0.739. The van der Waals surface area contributed by atoms with E-state index < -0.39 is 0 Å². The molecule has 0 aliphatic rings. The first-order chi connectivity index (χ1) is 7.29. The highest BCUT2D eigenvalue weighted by Crippen LogP contribution is 2.20. The van der Waals surface area contributed by atoms with E-state index in [0.29, 0.717) is 0 Å². The summed E-state index contributed by atoms with van der Waals surface area (Å²) in [5.41, 5.74) is 1.04. The smallest absolute Gasteiger partial charge is 0.143 e. The minimum Gasteiger partial charge on any atom is -0.143 e. The molecular weight excluding hydrogens is 208 g/mol. The molecule has 0 spiro atoms. The standard InChI is InChI=1S/C10H13N4S/c1-3-5-14-6-4-9(7-11-14)10-13-12-8(2)15-10/h4,6-7H,3,5H2,1-2H3/q+1. The molecule has 0 unspecified atom stereocenters. The zero-order chi connectivity index (χ0) is 10.7. The first-order valence-electron chi connectivity index (χ1n) is 4.96. The van der Waals surface area contributed by atoms with Gasteiger partial charge in [0.1, 0.15) is 16.2 Å². The Bertz CT molecular complexity index is 435. The van der Waals surface area contributed by atoms with Crippen molar-refractivity contribution in [2.24, 2.45) is 0 Å². The summed E-state index contributed by atoms with van der Waals surface area (Å²) >= 11 is 1.59. The van der Waals surface area contributed by atoms with Crippen LogP contribution in [0.25, 0.3) is 10.6 Å². The molecule has 0 saturated heterocycles. The molecule has 0 aliphatic carbocycles. The summed E-state index contributed by atoms with van der Waals surface area (Å²) in [6.07, 6.45) is 4.92. The summed E-state index contributed by atoms with van der Waals surface area (Å²) in [4.78, 5) is 0. The van der Waals surface area contributed by atoms with Gasteiger partial charge in [0.2, 0.25) is 0 Å². The third-order valence-corrected chi connectivity index (χ3v) is 2.88. The van der Waals surface area contributed by atoms with E-state index in [-0.39, 0.29) is 0 Å². The fraction of sp³-hybridized carbons (Fsp3) is 0.400. The molecule has 0 amide bonds. The van der Waals surface area contributed by atoms with Crippen LogP contribution in [0.15, 0.2) is 18.5 Å². The Morgan fingerprint density at radius 2 is 2.27 bits per heavy atom. The molecule has 2 heterocycles. The molecular formula is C10H13N4S+. The SMILES string of the molecule is CCC[n+]1ccc(-c2nnc(C)s2)cn1. The summed E-state index contributed by atoms with van der Waals surface area (Å²) in [5, 5.41) is 14.3. The molecule has 2 aromatic heterocycles. The van der Waals surface area contributed by atoms with Crippen LogP contribution in [0.4, 0.5) is 0 Å². The molecule has 4 nitrogen and oxygen atoms in total. The summed E-state index contributed by atoms with van der Waals surface area (Å²) in [6, 6.07) is 2.03. The van der Waals surface area contributed by atoms with E-state index in [1.54, 1.807) is 11.3 Å². The monoisotopic (exact) mass is 221 g/mol. The fourth-order valence-electron chi connectivity index (χ4n) is 1.29. The van der Waals surface area contributed by atoms with Crippen LogP contribution in [0, 0.1) is 6.92 Å². The van der Waals surface area contributed by atoms with E-state index in [1.807, 2.05) is 30.1 Å². The van der Waals surface area contributed by atoms with Crippen LogP contribution >= 0.6 is 11.3 Å². The fourth-order valence-corrected chi connectivity index (χ4v) is 1.97. The van der Waals surface area contributed by atoms with Gasteiger partial charge in [-0.1, -0.05) is 22.9 Å². The molecule has 0 radical (unpaired) electrons. The Hall–Kier alpha value is -1.36. The Labute approximate surface area is 92.6 Å². The second-order valence-corrected chi connectivity index (χ2v) is 4.49. The van der Waals surface area contributed by atoms with Crippen molar-refractivity contribution in [3.05, 3.63) is 23.5 Å². The predicted octanol–water partition coefficient (Wildman–Crippen LogP) is 1.61. The molecule has 0 aromatic carbocycles. The van der Waals surface area contributed by atoms with Gasteiger partial charge in [-0.15, -0.1) is 10.2 Å². The van der Waals surface area contributed by atoms with E-state index in [2.05, 4.69) is 22.2 Å². The molecule has 2 rings (SSSR count). The highest BCUT2D eigenvalue weighted by molar-refractivity contribution is 7.14. The highest BCUT2D eigenvalue weighted by Gasteiger charge is 2.07. The molecule has 0 bridgehead atoms. The van der Waals surface area contributed by atoms with Crippen molar-refractivity contribution in [1.29, 1.82) is 0 Å². The second kappa shape index (κ2) is 4.44. The van der Waals surface area contributed by atoms with Gasteiger partial charge < -0.3 is 0 Å². The van der Waals surface area contributed by atoms with Crippen LogP contribution in [0.5, 0.6) is 0 Å². The Morgan fingerprint density at radius 1 is 1.40 bits per heavy atom. The van der Waals surface area contributed by atoms with Crippen LogP contribution < -0.4 is 4.68 Å². The zero-order valence-electron chi connectivity index (χ0n) is 8.84. The molecule has 2 aromatic rings. The molecule has 0 aliphatic heterocycles. The van der Waals surface area contributed by atoms with Crippen molar-refractivity contribution in [1.82, 2.24) is 15.3 Å². The molecule has 78 valence electrons. The Kier molecular flexibility index (Phi) is 3.01. The second-order valence-electron chi connectivity index (χ2n) is 3.30. The van der Waals surface area contributed by atoms with E-state index in [4.69, 9.17) is 0 Å². The molecule has 5 heteroatoms. The van der Waals surface area contributed by atoms with Crippen LogP contribution in [-0.4, -0.2) is 15.3 Å². The van der Waals surface area contributed by atoms with Gasteiger partial charge in [0.25, 0.3) is 0 Å². The van der Waals surface area contributed by atoms with Gasteiger partial charge in [-0.3, -0.25) is 0 Å². The zero-order valence-corrected chi connectivity index (χ0v) is 9.66. The van der Waals surface area contributed by atoms with Gasteiger partial charge in [-0.25, -0.2) is 0 Å². The maximum atomic E-state index is 4.31. The number of aryl methyl sites for hydroxylation is 2. The maximum Gasteiger partial charge on any atom is 0.197 e. The van der Waals surface area contributed by atoms with Gasteiger partial charge >= 0.3 is 0 Å². The largest absolute Gasteiger partial charge is 0.197 e. The van der Waals surface area contributed by atoms with Gasteiger partial charge in [0, 0.05) is 18.1 Å². The van der Waals surface area contributed by atoms with Gasteiger partial charge in [-0.2, -0.15) is 0 Å². The number of hydrogen-bond acceptors (Lipinski definition) is 4. The molecule has 0 saturated carbocycles. The average molecular weight is 221 g/mol. The lowest BCUT2D eigenvalue weighted by Gasteiger charge is -1.92.